The van der Waals surface area contributed by atoms with Gasteiger partial charge in [0, 0.05) is 23.2 Å². The summed E-state index contributed by atoms with van der Waals surface area (Å²) in [5.74, 6) is 0.119. The van der Waals surface area contributed by atoms with Gasteiger partial charge in [0.1, 0.15) is 6.04 Å². The van der Waals surface area contributed by atoms with Gasteiger partial charge in [-0.1, -0.05) is 15.9 Å². The van der Waals surface area contributed by atoms with Gasteiger partial charge in [-0.2, -0.15) is 0 Å². The summed E-state index contributed by atoms with van der Waals surface area (Å²) in [5.41, 5.74) is 2.26. The zero-order chi connectivity index (χ0) is 13.4. The number of morpholine rings is 1. The van der Waals surface area contributed by atoms with E-state index in [1.54, 1.807) is 0 Å². The Morgan fingerprint density at radius 1 is 1.53 bits per heavy atom. The summed E-state index contributed by atoms with van der Waals surface area (Å²) >= 11 is 3.47. The van der Waals surface area contributed by atoms with Crippen molar-refractivity contribution in [3.8, 4) is 0 Å². The van der Waals surface area contributed by atoms with Crippen LogP contribution in [-0.2, 0) is 16.0 Å². The molecule has 2 heterocycles. The second-order valence-electron chi connectivity index (χ2n) is 5.02. The van der Waals surface area contributed by atoms with Crippen molar-refractivity contribution >= 4 is 27.5 Å². The third-order valence-corrected chi connectivity index (χ3v) is 4.28. The number of ether oxygens (including phenoxy) is 1. The van der Waals surface area contributed by atoms with Crippen molar-refractivity contribution < 1.29 is 9.53 Å². The number of hydrogen-bond donors (Lipinski definition) is 1. The Morgan fingerprint density at radius 3 is 3.16 bits per heavy atom. The van der Waals surface area contributed by atoms with Gasteiger partial charge < -0.3 is 15.0 Å². The van der Waals surface area contributed by atoms with Crippen LogP contribution in [0.3, 0.4) is 0 Å². The molecular formula is C14H17BrN2O2. The first-order valence-electron chi connectivity index (χ1n) is 6.61. The van der Waals surface area contributed by atoms with E-state index in [4.69, 9.17) is 4.74 Å². The molecule has 5 heteroatoms. The van der Waals surface area contributed by atoms with Crippen LogP contribution in [0, 0.1) is 0 Å². The van der Waals surface area contributed by atoms with Gasteiger partial charge in [-0.25, -0.2) is 0 Å². The first-order chi connectivity index (χ1) is 9.16. The minimum atomic E-state index is -0.233. The number of carbonyl (C=O) groups excluding carboxylic acids is 1. The number of hydrogen-bond acceptors (Lipinski definition) is 3. The lowest BCUT2D eigenvalue weighted by Gasteiger charge is -2.32. The fourth-order valence-electron chi connectivity index (χ4n) is 2.78. The molecule has 0 radical (unpaired) electrons. The lowest BCUT2D eigenvalue weighted by Crippen LogP contribution is -2.56. The Bertz CT molecular complexity index is 506. The second-order valence-corrected chi connectivity index (χ2v) is 5.94. The third-order valence-electron chi connectivity index (χ3n) is 3.79. The van der Waals surface area contributed by atoms with Gasteiger partial charge in [-0.15, -0.1) is 0 Å². The largest absolute Gasteiger partial charge is 0.375 e. The molecule has 1 aromatic rings. The van der Waals surface area contributed by atoms with Crippen molar-refractivity contribution in [3.63, 3.8) is 0 Å². The van der Waals surface area contributed by atoms with Crippen molar-refractivity contribution in [2.24, 2.45) is 0 Å². The molecule has 1 amide bonds. The zero-order valence-corrected chi connectivity index (χ0v) is 12.4. The number of nitrogens with zero attached hydrogens (tertiary/aromatic N) is 1. The molecule has 0 bridgehead atoms. The molecular weight excluding hydrogens is 308 g/mol. The summed E-state index contributed by atoms with van der Waals surface area (Å²) in [4.78, 5) is 14.5. The van der Waals surface area contributed by atoms with Crippen LogP contribution in [-0.4, -0.2) is 37.7 Å². The molecule has 102 valence electrons. The first-order valence-corrected chi connectivity index (χ1v) is 7.41. The van der Waals surface area contributed by atoms with Gasteiger partial charge in [0.05, 0.1) is 12.7 Å². The summed E-state index contributed by atoms with van der Waals surface area (Å²) < 4.78 is 6.62. The van der Waals surface area contributed by atoms with E-state index >= 15 is 0 Å². The molecule has 1 saturated heterocycles. The molecule has 0 spiro atoms. The Labute approximate surface area is 121 Å². The number of fused-ring (bicyclic) bond motifs is 1. The molecule has 1 N–H and O–H groups in total. The van der Waals surface area contributed by atoms with Gasteiger partial charge in [0.25, 0.3) is 0 Å². The molecule has 0 unspecified atom stereocenters. The Morgan fingerprint density at radius 2 is 2.37 bits per heavy atom. The van der Waals surface area contributed by atoms with E-state index in [-0.39, 0.29) is 18.1 Å². The summed E-state index contributed by atoms with van der Waals surface area (Å²) in [6, 6.07) is 5.86. The third kappa shape index (κ3) is 2.42. The van der Waals surface area contributed by atoms with E-state index in [1.165, 1.54) is 5.56 Å². The fourth-order valence-corrected chi connectivity index (χ4v) is 3.19. The van der Waals surface area contributed by atoms with Crippen LogP contribution in [0.25, 0.3) is 0 Å². The molecule has 0 saturated carbocycles. The van der Waals surface area contributed by atoms with Gasteiger partial charge >= 0.3 is 0 Å². The van der Waals surface area contributed by atoms with Crippen LogP contribution in [0.2, 0.25) is 0 Å². The van der Waals surface area contributed by atoms with E-state index in [0.717, 1.165) is 29.7 Å². The number of amides is 1. The highest BCUT2D eigenvalue weighted by Gasteiger charge is 2.35. The highest BCUT2D eigenvalue weighted by atomic mass is 79.9. The van der Waals surface area contributed by atoms with Gasteiger partial charge in [-0.3, -0.25) is 4.79 Å². The molecule has 1 aromatic carbocycles. The van der Waals surface area contributed by atoms with Gasteiger partial charge in [-0.05, 0) is 37.1 Å². The zero-order valence-electron chi connectivity index (χ0n) is 10.9. The van der Waals surface area contributed by atoms with Crippen molar-refractivity contribution in [3.05, 3.63) is 28.2 Å². The molecule has 0 aliphatic carbocycles. The van der Waals surface area contributed by atoms with Crippen LogP contribution < -0.4 is 10.2 Å². The number of anilines is 1. The van der Waals surface area contributed by atoms with Crippen molar-refractivity contribution in [1.82, 2.24) is 5.32 Å². The summed E-state index contributed by atoms with van der Waals surface area (Å²) in [5, 5.41) is 3.26. The van der Waals surface area contributed by atoms with Crippen LogP contribution >= 0.6 is 15.9 Å². The summed E-state index contributed by atoms with van der Waals surface area (Å²) in [6.45, 7) is 4.12. The topological polar surface area (TPSA) is 41.6 Å². The van der Waals surface area contributed by atoms with Crippen LogP contribution in [0.4, 0.5) is 5.69 Å². The van der Waals surface area contributed by atoms with Crippen LogP contribution in [0.5, 0.6) is 0 Å². The first kappa shape index (κ1) is 13.1. The minimum Gasteiger partial charge on any atom is -0.375 e. The number of carbonyl (C=O) groups is 1. The van der Waals surface area contributed by atoms with Crippen molar-refractivity contribution in [2.45, 2.75) is 25.5 Å². The second kappa shape index (κ2) is 5.23. The standard InChI is InChI=1S/C14H17BrN2O2/c1-9-13(16-5-7-19-9)14(18)17-6-4-10-8-11(15)2-3-12(10)17/h2-3,8-9,13,16H,4-7H2,1H3/t9-,13+/m1/s1. The number of rotatable bonds is 1. The van der Waals surface area contributed by atoms with Crippen molar-refractivity contribution in [1.29, 1.82) is 0 Å². The quantitative estimate of drug-likeness (QED) is 0.855. The van der Waals surface area contributed by atoms with E-state index in [2.05, 4.69) is 27.3 Å². The fraction of sp³-hybridized carbons (Fsp3) is 0.500. The molecule has 0 aromatic heterocycles. The van der Waals surface area contributed by atoms with E-state index < -0.39 is 0 Å². The molecule has 2 atom stereocenters. The highest BCUT2D eigenvalue weighted by molar-refractivity contribution is 9.10. The molecule has 3 rings (SSSR count). The Balaban J connectivity index is 1.83. The van der Waals surface area contributed by atoms with E-state index in [1.807, 2.05) is 24.0 Å². The minimum absolute atomic E-state index is 0.0688. The number of nitrogens with one attached hydrogen (secondary N) is 1. The van der Waals surface area contributed by atoms with Gasteiger partial charge in [0.2, 0.25) is 5.91 Å². The molecule has 2 aliphatic heterocycles. The average molecular weight is 325 g/mol. The van der Waals surface area contributed by atoms with Crippen LogP contribution in [0.15, 0.2) is 22.7 Å². The molecule has 19 heavy (non-hydrogen) atoms. The SMILES string of the molecule is C[C@H]1OCCN[C@@H]1C(=O)N1CCc2cc(Br)ccc21. The smallest absolute Gasteiger partial charge is 0.246 e. The Kier molecular flexibility index (Phi) is 3.60. The highest BCUT2D eigenvalue weighted by Crippen LogP contribution is 2.31. The lowest BCUT2D eigenvalue weighted by molar-refractivity contribution is -0.126. The number of halogens is 1. The lowest BCUT2D eigenvalue weighted by atomic mass is 10.1. The summed E-state index contributed by atoms with van der Waals surface area (Å²) in [7, 11) is 0. The summed E-state index contributed by atoms with van der Waals surface area (Å²) in [6.07, 6.45) is 0.850. The Hall–Kier alpha value is -0.910. The molecule has 2 aliphatic rings. The predicted octanol–water partition coefficient (Wildman–Crippen LogP) is 1.72. The normalized spacial score (nSPS) is 26.3. The molecule has 1 fully saturated rings. The molecule has 4 nitrogen and oxygen atoms in total. The van der Waals surface area contributed by atoms with Crippen molar-refractivity contribution in [2.75, 3.05) is 24.6 Å². The monoisotopic (exact) mass is 324 g/mol. The predicted molar refractivity (Wildman–Crippen MR) is 77.4 cm³/mol. The average Bonchev–Trinajstić information content (AvgIpc) is 2.81. The maximum Gasteiger partial charge on any atom is 0.246 e. The van der Waals surface area contributed by atoms with E-state index in [9.17, 15) is 4.79 Å². The maximum atomic E-state index is 12.6. The van der Waals surface area contributed by atoms with Crippen LogP contribution in [0.1, 0.15) is 12.5 Å². The van der Waals surface area contributed by atoms with Gasteiger partial charge in [0.15, 0.2) is 0 Å². The maximum absolute atomic E-state index is 12.6. The van der Waals surface area contributed by atoms with E-state index in [0.29, 0.717) is 6.61 Å². The number of benzene rings is 1.